The Balaban J connectivity index is 3.38. The van der Waals surface area contributed by atoms with Gasteiger partial charge in [-0.15, -0.1) is 0 Å². The Labute approximate surface area is 108 Å². The quantitative estimate of drug-likeness (QED) is 0.523. The van der Waals surface area contributed by atoms with Crippen molar-refractivity contribution in [2.45, 2.75) is 72.1 Å². The molecule has 17 heavy (non-hydrogen) atoms. The first-order valence-corrected chi connectivity index (χ1v) is 9.00. The molecule has 0 saturated carbocycles. The standard InChI is InChI=1S/C14H30O2S/c1-4-5-12-17(15,16)13-10-8-6-7-9-11-14(2)3/h14H,4-13H2,1-3H3. The van der Waals surface area contributed by atoms with Crippen LogP contribution in [0.4, 0.5) is 0 Å². The van der Waals surface area contributed by atoms with Crippen molar-refractivity contribution in [3.05, 3.63) is 0 Å². The number of rotatable bonds is 11. The van der Waals surface area contributed by atoms with Crippen LogP contribution >= 0.6 is 0 Å². The molecule has 0 aliphatic heterocycles. The van der Waals surface area contributed by atoms with Crippen LogP contribution in [0.1, 0.15) is 72.1 Å². The molecule has 0 radical (unpaired) electrons. The number of unbranched alkanes of at least 4 members (excludes halogenated alkanes) is 5. The van der Waals surface area contributed by atoms with Gasteiger partial charge in [0, 0.05) is 0 Å². The van der Waals surface area contributed by atoms with Crippen molar-refractivity contribution < 1.29 is 8.42 Å². The first-order chi connectivity index (χ1) is 7.98. The average molecular weight is 262 g/mol. The lowest BCUT2D eigenvalue weighted by molar-refractivity contribution is 0.517. The lowest BCUT2D eigenvalue weighted by Crippen LogP contribution is -2.10. The lowest BCUT2D eigenvalue weighted by atomic mass is 10.0. The van der Waals surface area contributed by atoms with Crippen LogP contribution in [0, 0.1) is 5.92 Å². The molecule has 0 aliphatic carbocycles. The molecule has 0 atom stereocenters. The number of hydrogen-bond donors (Lipinski definition) is 0. The summed E-state index contributed by atoms with van der Waals surface area (Å²) in [4.78, 5) is 0. The maximum atomic E-state index is 11.6. The van der Waals surface area contributed by atoms with Crippen molar-refractivity contribution >= 4 is 9.84 Å². The smallest absolute Gasteiger partial charge is 0.150 e. The fourth-order valence-corrected chi connectivity index (χ4v) is 3.45. The van der Waals surface area contributed by atoms with Crippen LogP contribution in [0.3, 0.4) is 0 Å². The summed E-state index contributed by atoms with van der Waals surface area (Å²) < 4.78 is 23.1. The maximum absolute atomic E-state index is 11.6. The van der Waals surface area contributed by atoms with Gasteiger partial charge in [-0.25, -0.2) is 8.42 Å². The van der Waals surface area contributed by atoms with Crippen molar-refractivity contribution in [3.63, 3.8) is 0 Å². The average Bonchev–Trinajstić information content (AvgIpc) is 2.24. The Hall–Kier alpha value is -0.0500. The van der Waals surface area contributed by atoms with Crippen LogP contribution in [-0.4, -0.2) is 19.9 Å². The van der Waals surface area contributed by atoms with E-state index in [9.17, 15) is 8.42 Å². The minimum atomic E-state index is -2.75. The summed E-state index contributed by atoms with van der Waals surface area (Å²) in [7, 11) is -2.75. The monoisotopic (exact) mass is 262 g/mol. The molecule has 0 fully saturated rings. The van der Waals surface area contributed by atoms with Crippen molar-refractivity contribution in [2.24, 2.45) is 5.92 Å². The molecule has 0 N–H and O–H groups in total. The fourth-order valence-electron chi connectivity index (χ4n) is 1.87. The first-order valence-electron chi connectivity index (χ1n) is 7.18. The van der Waals surface area contributed by atoms with Crippen LogP contribution in [0.15, 0.2) is 0 Å². The van der Waals surface area contributed by atoms with Gasteiger partial charge in [-0.05, 0) is 18.8 Å². The van der Waals surface area contributed by atoms with Crippen LogP contribution in [0.25, 0.3) is 0 Å². The molecule has 0 heterocycles. The molecular formula is C14H30O2S. The third-order valence-electron chi connectivity index (χ3n) is 3.05. The summed E-state index contributed by atoms with van der Waals surface area (Å²) in [6.07, 6.45) is 8.75. The Morgan fingerprint density at radius 2 is 1.35 bits per heavy atom. The molecule has 0 amide bonds. The molecule has 0 saturated heterocycles. The van der Waals surface area contributed by atoms with Crippen LogP contribution < -0.4 is 0 Å². The second-order valence-electron chi connectivity index (χ2n) is 5.46. The third-order valence-corrected chi connectivity index (χ3v) is 4.87. The molecule has 0 aromatic rings. The van der Waals surface area contributed by atoms with E-state index in [4.69, 9.17) is 0 Å². The van der Waals surface area contributed by atoms with E-state index in [1.807, 2.05) is 6.92 Å². The van der Waals surface area contributed by atoms with E-state index < -0.39 is 9.84 Å². The van der Waals surface area contributed by atoms with Crippen LogP contribution in [-0.2, 0) is 9.84 Å². The van der Waals surface area contributed by atoms with Gasteiger partial charge >= 0.3 is 0 Å². The SMILES string of the molecule is CCCCS(=O)(=O)CCCCCCCC(C)C. The summed E-state index contributed by atoms with van der Waals surface area (Å²) in [5, 5.41) is 0. The first kappa shape index (κ1) is 16.9. The van der Waals surface area contributed by atoms with Gasteiger partial charge in [0.25, 0.3) is 0 Å². The molecule has 0 aromatic heterocycles. The summed E-state index contributed by atoms with van der Waals surface area (Å²) in [6, 6.07) is 0. The zero-order valence-electron chi connectivity index (χ0n) is 11.9. The van der Waals surface area contributed by atoms with E-state index in [-0.39, 0.29) is 0 Å². The minimum absolute atomic E-state index is 0.386. The molecular weight excluding hydrogens is 232 g/mol. The van der Waals surface area contributed by atoms with E-state index in [1.165, 1.54) is 25.7 Å². The van der Waals surface area contributed by atoms with Gasteiger partial charge in [0.05, 0.1) is 11.5 Å². The molecule has 3 heteroatoms. The highest BCUT2D eigenvalue weighted by Crippen LogP contribution is 2.11. The molecule has 0 bridgehead atoms. The highest BCUT2D eigenvalue weighted by atomic mass is 32.2. The highest BCUT2D eigenvalue weighted by Gasteiger charge is 2.08. The summed E-state index contributed by atoms with van der Waals surface area (Å²) in [5.74, 6) is 1.58. The van der Waals surface area contributed by atoms with E-state index in [0.717, 1.165) is 31.6 Å². The fraction of sp³-hybridized carbons (Fsp3) is 1.00. The molecule has 0 aliphatic rings. The van der Waals surface area contributed by atoms with Crippen LogP contribution in [0.5, 0.6) is 0 Å². The van der Waals surface area contributed by atoms with Gasteiger partial charge in [0.2, 0.25) is 0 Å². The predicted molar refractivity (Wildman–Crippen MR) is 76.1 cm³/mol. The zero-order valence-corrected chi connectivity index (χ0v) is 12.7. The van der Waals surface area contributed by atoms with E-state index in [2.05, 4.69) is 13.8 Å². The molecule has 0 spiro atoms. The van der Waals surface area contributed by atoms with Gasteiger partial charge in [-0.1, -0.05) is 59.3 Å². The second-order valence-corrected chi connectivity index (χ2v) is 7.76. The largest absolute Gasteiger partial charge is 0.229 e. The minimum Gasteiger partial charge on any atom is -0.229 e. The Kier molecular flexibility index (Phi) is 9.90. The number of hydrogen-bond acceptors (Lipinski definition) is 2. The van der Waals surface area contributed by atoms with Gasteiger partial charge < -0.3 is 0 Å². The summed E-state index contributed by atoms with van der Waals surface area (Å²) in [5.41, 5.74) is 0. The normalized spacial score (nSPS) is 12.2. The van der Waals surface area contributed by atoms with Crippen LogP contribution in [0.2, 0.25) is 0 Å². The third kappa shape index (κ3) is 12.2. The Morgan fingerprint density at radius 3 is 1.94 bits per heavy atom. The molecule has 0 aromatic carbocycles. The van der Waals surface area contributed by atoms with Crippen molar-refractivity contribution in [2.75, 3.05) is 11.5 Å². The van der Waals surface area contributed by atoms with Crippen molar-refractivity contribution in [1.82, 2.24) is 0 Å². The van der Waals surface area contributed by atoms with Gasteiger partial charge in [0.1, 0.15) is 9.84 Å². The van der Waals surface area contributed by atoms with Crippen molar-refractivity contribution in [1.29, 1.82) is 0 Å². The Morgan fingerprint density at radius 1 is 0.824 bits per heavy atom. The predicted octanol–water partition coefficient (Wildman–Crippen LogP) is 4.20. The highest BCUT2D eigenvalue weighted by molar-refractivity contribution is 7.91. The van der Waals surface area contributed by atoms with Crippen molar-refractivity contribution in [3.8, 4) is 0 Å². The topological polar surface area (TPSA) is 34.1 Å². The zero-order chi connectivity index (χ0) is 13.1. The van der Waals surface area contributed by atoms with Gasteiger partial charge in [-0.2, -0.15) is 0 Å². The van der Waals surface area contributed by atoms with Gasteiger partial charge in [-0.3, -0.25) is 0 Å². The molecule has 104 valence electrons. The summed E-state index contributed by atoms with van der Waals surface area (Å²) in [6.45, 7) is 6.53. The maximum Gasteiger partial charge on any atom is 0.150 e. The molecule has 2 nitrogen and oxygen atoms in total. The number of sulfone groups is 1. The molecule has 0 unspecified atom stereocenters. The van der Waals surface area contributed by atoms with E-state index in [0.29, 0.717) is 11.5 Å². The van der Waals surface area contributed by atoms with Gasteiger partial charge in [0.15, 0.2) is 0 Å². The summed E-state index contributed by atoms with van der Waals surface area (Å²) >= 11 is 0. The second kappa shape index (κ2) is 9.93. The van der Waals surface area contributed by atoms with E-state index >= 15 is 0 Å². The molecule has 0 rings (SSSR count). The van der Waals surface area contributed by atoms with E-state index in [1.54, 1.807) is 0 Å². The Bertz CT molecular complexity index is 255. The lowest BCUT2D eigenvalue weighted by Gasteiger charge is -2.05.